The zero-order valence-electron chi connectivity index (χ0n) is 12.1. The number of methoxy groups -OCH3 is 1. The number of ether oxygens (including phenoxy) is 1. The summed E-state index contributed by atoms with van der Waals surface area (Å²) in [5.74, 6) is 0.749. The predicted molar refractivity (Wildman–Crippen MR) is 82.7 cm³/mol. The molecular weight excluding hydrogens is 274 g/mol. The molecule has 0 atom stereocenters. The highest BCUT2D eigenvalue weighted by Gasteiger charge is 2.14. The number of thiazole rings is 1. The van der Waals surface area contributed by atoms with Gasteiger partial charge in [0.25, 0.3) is 0 Å². The van der Waals surface area contributed by atoms with Gasteiger partial charge in [-0.3, -0.25) is 4.79 Å². The number of nitrogens with one attached hydrogen (secondary N) is 1. The van der Waals surface area contributed by atoms with E-state index in [1.165, 1.54) is 0 Å². The first kappa shape index (κ1) is 14.6. The van der Waals surface area contributed by atoms with Crippen LogP contribution in [0.1, 0.15) is 13.8 Å². The monoisotopic (exact) mass is 293 g/mol. The molecule has 1 amide bonds. The SMILES string of the molecule is COc1cccc2sc(N(C)CC(=O)NC(C)C)nc12. The average Bonchev–Trinajstić information content (AvgIpc) is 2.81. The molecular formula is C14H19N3O2S. The standard InChI is InChI=1S/C14H19N3O2S/c1-9(2)15-12(18)8-17(3)14-16-13-10(19-4)6-5-7-11(13)20-14/h5-7,9H,8H2,1-4H3,(H,15,18). The third kappa shape index (κ3) is 3.19. The molecule has 2 rings (SSSR count). The topological polar surface area (TPSA) is 54.5 Å². The maximum Gasteiger partial charge on any atom is 0.239 e. The Morgan fingerprint density at radius 2 is 2.25 bits per heavy atom. The first-order valence-corrected chi connectivity index (χ1v) is 7.27. The zero-order valence-corrected chi connectivity index (χ0v) is 13.0. The van der Waals surface area contributed by atoms with Crippen molar-refractivity contribution in [3.05, 3.63) is 18.2 Å². The van der Waals surface area contributed by atoms with E-state index in [1.807, 2.05) is 44.0 Å². The third-order valence-electron chi connectivity index (χ3n) is 2.75. The number of hydrogen-bond acceptors (Lipinski definition) is 5. The molecule has 0 bridgehead atoms. The highest BCUT2D eigenvalue weighted by Crippen LogP contribution is 2.33. The molecule has 1 N–H and O–H groups in total. The number of likely N-dealkylation sites (N-methyl/N-ethyl adjacent to an activating group) is 1. The van der Waals surface area contributed by atoms with Crippen molar-refractivity contribution in [2.24, 2.45) is 0 Å². The van der Waals surface area contributed by atoms with Crippen molar-refractivity contribution in [1.29, 1.82) is 0 Å². The van der Waals surface area contributed by atoms with Gasteiger partial charge < -0.3 is 15.0 Å². The lowest BCUT2D eigenvalue weighted by Gasteiger charge is -2.16. The minimum Gasteiger partial charge on any atom is -0.494 e. The lowest BCUT2D eigenvalue weighted by Crippen LogP contribution is -2.38. The second-order valence-electron chi connectivity index (χ2n) is 4.88. The Balaban J connectivity index is 2.18. The van der Waals surface area contributed by atoms with Crippen molar-refractivity contribution in [3.63, 3.8) is 0 Å². The van der Waals surface area contributed by atoms with E-state index in [2.05, 4.69) is 10.3 Å². The number of anilines is 1. The Labute approximate surface area is 122 Å². The van der Waals surface area contributed by atoms with Crippen LogP contribution in [0.25, 0.3) is 10.2 Å². The van der Waals surface area contributed by atoms with Gasteiger partial charge in [-0.1, -0.05) is 17.4 Å². The van der Waals surface area contributed by atoms with E-state index in [0.29, 0.717) is 6.54 Å². The normalized spacial score (nSPS) is 10.8. The minimum atomic E-state index is -0.00581. The maximum absolute atomic E-state index is 11.8. The highest BCUT2D eigenvalue weighted by molar-refractivity contribution is 7.22. The molecule has 0 aliphatic rings. The summed E-state index contributed by atoms with van der Waals surface area (Å²) in [4.78, 5) is 18.2. The molecule has 0 fully saturated rings. The summed E-state index contributed by atoms with van der Waals surface area (Å²) in [7, 11) is 3.50. The molecule has 1 heterocycles. The summed E-state index contributed by atoms with van der Waals surface area (Å²) in [5, 5.41) is 3.68. The molecule has 6 heteroatoms. The van der Waals surface area contributed by atoms with Gasteiger partial charge in [-0.15, -0.1) is 0 Å². The van der Waals surface area contributed by atoms with Gasteiger partial charge in [0.05, 0.1) is 18.4 Å². The quantitative estimate of drug-likeness (QED) is 0.919. The van der Waals surface area contributed by atoms with Crippen LogP contribution in [0.4, 0.5) is 5.13 Å². The number of para-hydroxylation sites is 1. The maximum atomic E-state index is 11.8. The molecule has 1 aromatic heterocycles. The molecule has 0 unspecified atom stereocenters. The van der Waals surface area contributed by atoms with E-state index in [0.717, 1.165) is 21.1 Å². The smallest absolute Gasteiger partial charge is 0.239 e. The second-order valence-corrected chi connectivity index (χ2v) is 5.89. The van der Waals surface area contributed by atoms with Gasteiger partial charge >= 0.3 is 0 Å². The molecule has 2 aromatic rings. The Bertz CT molecular complexity index is 609. The van der Waals surface area contributed by atoms with Gasteiger partial charge in [0.15, 0.2) is 5.13 Å². The summed E-state index contributed by atoms with van der Waals surface area (Å²) in [6, 6.07) is 5.97. The minimum absolute atomic E-state index is 0.00581. The molecule has 0 aliphatic carbocycles. The fraction of sp³-hybridized carbons (Fsp3) is 0.429. The number of aromatic nitrogens is 1. The first-order chi connectivity index (χ1) is 9.51. The van der Waals surface area contributed by atoms with Crippen molar-refractivity contribution in [2.75, 3.05) is 25.6 Å². The fourth-order valence-electron chi connectivity index (χ4n) is 1.89. The molecule has 0 spiro atoms. The molecule has 1 aromatic carbocycles. The summed E-state index contributed by atoms with van der Waals surface area (Å²) in [6.07, 6.45) is 0. The third-order valence-corrected chi connectivity index (χ3v) is 3.88. The van der Waals surface area contributed by atoms with Crippen molar-refractivity contribution in [1.82, 2.24) is 10.3 Å². The zero-order chi connectivity index (χ0) is 14.7. The van der Waals surface area contributed by atoms with Crippen LogP contribution < -0.4 is 15.0 Å². The number of amides is 1. The van der Waals surface area contributed by atoms with Gasteiger partial charge in [-0.25, -0.2) is 4.98 Å². The number of nitrogens with zero attached hydrogens (tertiary/aromatic N) is 2. The van der Waals surface area contributed by atoms with Crippen molar-refractivity contribution >= 4 is 32.6 Å². The molecule has 0 aliphatic heterocycles. The van der Waals surface area contributed by atoms with Gasteiger partial charge in [0.1, 0.15) is 11.3 Å². The number of carbonyl (C=O) groups is 1. The Morgan fingerprint density at radius 3 is 2.90 bits per heavy atom. The van der Waals surface area contributed by atoms with E-state index in [4.69, 9.17) is 4.74 Å². The van der Waals surface area contributed by atoms with E-state index in [9.17, 15) is 4.79 Å². The van der Waals surface area contributed by atoms with Crippen LogP contribution in [-0.4, -0.2) is 37.6 Å². The molecule has 0 saturated carbocycles. The Kier molecular flexibility index (Phi) is 4.44. The predicted octanol–water partition coefficient (Wildman–Crippen LogP) is 2.27. The van der Waals surface area contributed by atoms with Crippen molar-refractivity contribution < 1.29 is 9.53 Å². The van der Waals surface area contributed by atoms with Crippen LogP contribution in [0.5, 0.6) is 5.75 Å². The van der Waals surface area contributed by atoms with Crippen LogP contribution in [0.2, 0.25) is 0 Å². The van der Waals surface area contributed by atoms with Gasteiger partial charge in [0, 0.05) is 13.1 Å². The lowest BCUT2D eigenvalue weighted by molar-refractivity contribution is -0.120. The number of rotatable bonds is 5. The Hall–Kier alpha value is -1.82. The van der Waals surface area contributed by atoms with Crippen LogP contribution >= 0.6 is 11.3 Å². The first-order valence-electron chi connectivity index (χ1n) is 6.45. The number of benzene rings is 1. The van der Waals surface area contributed by atoms with E-state index >= 15 is 0 Å². The Morgan fingerprint density at radius 1 is 1.50 bits per heavy atom. The summed E-state index contributed by atoms with van der Waals surface area (Å²) >= 11 is 1.55. The molecule has 5 nitrogen and oxygen atoms in total. The molecule has 20 heavy (non-hydrogen) atoms. The van der Waals surface area contributed by atoms with Gasteiger partial charge in [-0.05, 0) is 26.0 Å². The fourth-order valence-corrected chi connectivity index (χ4v) is 2.83. The summed E-state index contributed by atoms with van der Waals surface area (Å²) in [6.45, 7) is 4.18. The van der Waals surface area contributed by atoms with Crippen LogP contribution in [-0.2, 0) is 4.79 Å². The van der Waals surface area contributed by atoms with E-state index in [-0.39, 0.29) is 11.9 Å². The van der Waals surface area contributed by atoms with E-state index in [1.54, 1.807) is 18.4 Å². The largest absolute Gasteiger partial charge is 0.494 e. The van der Waals surface area contributed by atoms with Crippen molar-refractivity contribution in [3.8, 4) is 5.75 Å². The van der Waals surface area contributed by atoms with E-state index < -0.39 is 0 Å². The van der Waals surface area contributed by atoms with Gasteiger partial charge in [0.2, 0.25) is 5.91 Å². The molecule has 0 saturated heterocycles. The van der Waals surface area contributed by atoms with Crippen molar-refractivity contribution in [2.45, 2.75) is 19.9 Å². The molecule has 108 valence electrons. The van der Waals surface area contributed by atoms with Gasteiger partial charge in [-0.2, -0.15) is 0 Å². The lowest BCUT2D eigenvalue weighted by atomic mass is 10.3. The van der Waals surface area contributed by atoms with Crippen LogP contribution in [0, 0.1) is 0 Å². The molecule has 0 radical (unpaired) electrons. The number of carbonyl (C=O) groups excluding carboxylic acids is 1. The van der Waals surface area contributed by atoms with Crippen LogP contribution in [0.15, 0.2) is 18.2 Å². The average molecular weight is 293 g/mol. The summed E-state index contributed by atoms with van der Waals surface area (Å²) < 4.78 is 6.35. The van der Waals surface area contributed by atoms with Crippen LogP contribution in [0.3, 0.4) is 0 Å². The summed E-state index contributed by atoms with van der Waals surface area (Å²) in [5.41, 5.74) is 0.839. The number of hydrogen-bond donors (Lipinski definition) is 1. The second kappa shape index (κ2) is 6.09. The number of fused-ring (bicyclic) bond motifs is 1. The highest BCUT2D eigenvalue weighted by atomic mass is 32.1.